The van der Waals surface area contributed by atoms with E-state index in [4.69, 9.17) is 35.0 Å². The van der Waals surface area contributed by atoms with E-state index >= 15 is 0 Å². The molecule has 0 saturated heterocycles. The quantitative estimate of drug-likeness (QED) is 0.261. The van der Waals surface area contributed by atoms with E-state index < -0.39 is 20.8 Å². The number of hydrogen-bond donors (Lipinski definition) is 4. The second-order valence-corrected chi connectivity index (χ2v) is 2.69. The van der Waals surface area contributed by atoms with Crippen molar-refractivity contribution in [3.8, 4) is 0 Å². The van der Waals surface area contributed by atoms with Crippen LogP contribution in [0, 0.1) is 0 Å². The van der Waals surface area contributed by atoms with Gasteiger partial charge in [-0.1, -0.05) is 0 Å². The number of hydrogen-bond acceptors (Lipinski definition) is 4. The fourth-order valence-corrected chi connectivity index (χ4v) is 0. The van der Waals surface area contributed by atoms with Crippen LogP contribution in [0.1, 0.15) is 0 Å². The molecule has 0 atom stereocenters. The van der Waals surface area contributed by atoms with Gasteiger partial charge < -0.3 is 0 Å². The van der Waals surface area contributed by atoms with Crippen molar-refractivity contribution >= 4 is 92.7 Å². The molecule has 0 rings (SSSR count). The Labute approximate surface area is 125 Å². The molecule has 0 fully saturated rings. The summed E-state index contributed by atoms with van der Waals surface area (Å²) in [4.78, 5) is 0. The zero-order valence-electron chi connectivity index (χ0n) is 4.24. The third-order valence-corrected chi connectivity index (χ3v) is 0. The summed E-state index contributed by atoms with van der Waals surface area (Å²) in [5.74, 6) is 0. The first-order valence-corrected chi connectivity index (χ1v) is 4.19. The first kappa shape index (κ1) is 23.7. The molecule has 0 aliphatic heterocycles. The predicted molar refractivity (Wildman–Crippen MR) is 45.4 cm³/mol. The van der Waals surface area contributed by atoms with Gasteiger partial charge in [0.05, 0.1) is 0 Å². The second kappa shape index (κ2) is 9.63. The first-order valence-electron chi connectivity index (χ1n) is 1.40. The maximum absolute atomic E-state index is 8.74. The summed E-state index contributed by atoms with van der Waals surface area (Å²) in [6.07, 6.45) is 0. The Morgan fingerprint density at radius 3 is 0.667 bits per heavy atom. The molecule has 0 aromatic carbocycles. The maximum Gasteiger partial charge on any atom is 0.316 e. The molecule has 0 unspecified atom stereocenters. The molecule has 0 radical (unpaired) electrons. The van der Waals surface area contributed by atoms with Crippen molar-refractivity contribution in [1.29, 1.82) is 0 Å². The van der Waals surface area contributed by atoms with Crippen LogP contribution in [0.5, 0.6) is 0 Å². The molecule has 0 aromatic rings. The molecule has 4 N–H and O–H groups in total. The summed E-state index contributed by atoms with van der Waals surface area (Å²) >= 11 is 0. The van der Waals surface area contributed by atoms with Gasteiger partial charge in [0, 0.05) is 0 Å². The van der Waals surface area contributed by atoms with Crippen LogP contribution in [-0.2, 0) is 20.8 Å². The van der Waals surface area contributed by atoms with E-state index in [2.05, 4.69) is 0 Å². The van der Waals surface area contributed by atoms with Crippen LogP contribution in [0.3, 0.4) is 0 Å². The summed E-state index contributed by atoms with van der Waals surface area (Å²) in [7, 11) is -9.33. The maximum atomic E-state index is 8.74. The smallest absolute Gasteiger partial charge is 0.316 e. The van der Waals surface area contributed by atoms with E-state index in [1.807, 2.05) is 0 Å². The van der Waals surface area contributed by atoms with Gasteiger partial charge in [0.2, 0.25) is 0 Å². The second-order valence-electron chi connectivity index (χ2n) is 0.896. The minimum atomic E-state index is -4.67. The molecule has 0 spiro atoms. The molecule has 0 heterocycles. The third kappa shape index (κ3) is 343. The van der Waals surface area contributed by atoms with E-state index in [1.54, 1.807) is 0 Å². The zero-order valence-corrected chi connectivity index (χ0v) is 5.87. The van der Waals surface area contributed by atoms with Crippen LogP contribution < -0.4 is 0 Å². The molecule has 0 aromatic heterocycles. The fraction of sp³-hybridized carbons (Fsp3) is 0. The molecule has 0 aliphatic rings. The normalized spacial score (nSPS) is 9.67. The average Bonchev–Trinajstić information content (AvgIpc) is 1.12. The van der Waals surface area contributed by atoms with Gasteiger partial charge in [-0.05, 0) is 0 Å². The molecule has 0 saturated carbocycles. The van der Waals surface area contributed by atoms with Crippen molar-refractivity contribution in [3.05, 3.63) is 0 Å². The standard InChI is InChI=1S/Ba.Mg.2H2O4S.4H/c;;2*1-5(2,3)4;;;;/h;;2*(H2,1,2,3,4);;;;. The number of rotatable bonds is 0. The van der Waals surface area contributed by atoms with Gasteiger partial charge in [-0.25, -0.2) is 0 Å². The van der Waals surface area contributed by atoms with E-state index in [1.165, 1.54) is 0 Å². The van der Waals surface area contributed by atoms with Crippen molar-refractivity contribution in [3.63, 3.8) is 0 Å². The van der Waals surface area contributed by atoms with E-state index in [0.29, 0.717) is 0 Å². The van der Waals surface area contributed by atoms with Crippen LogP contribution >= 0.6 is 0 Å². The van der Waals surface area contributed by atoms with Crippen LogP contribution in [-0.4, -0.2) is 107 Å². The molecule has 12 heteroatoms. The van der Waals surface area contributed by atoms with Gasteiger partial charge in [0.25, 0.3) is 0 Å². The third-order valence-electron chi connectivity index (χ3n) is 0. The van der Waals surface area contributed by atoms with Gasteiger partial charge in [0.1, 0.15) is 0 Å². The van der Waals surface area contributed by atoms with Crippen LogP contribution in [0.2, 0.25) is 0 Å². The summed E-state index contributed by atoms with van der Waals surface area (Å²) in [6.45, 7) is 0. The molecule has 12 heavy (non-hydrogen) atoms. The zero-order chi connectivity index (χ0) is 9.00. The molecular weight excluding hydrogens is 354 g/mol. The minimum absolute atomic E-state index is 0. The first-order chi connectivity index (χ1) is 4.00. The molecular formula is H8BaMgO8S2. The van der Waals surface area contributed by atoms with Crippen LogP contribution in [0.15, 0.2) is 0 Å². The van der Waals surface area contributed by atoms with Crippen molar-refractivity contribution in [1.82, 2.24) is 0 Å². The molecule has 0 bridgehead atoms. The molecule has 72 valence electrons. The van der Waals surface area contributed by atoms with Gasteiger partial charge >= 0.3 is 92.7 Å². The summed E-state index contributed by atoms with van der Waals surface area (Å²) in [5, 5.41) is 0. The van der Waals surface area contributed by atoms with Gasteiger partial charge in [-0.15, -0.1) is 0 Å². The fourth-order valence-electron chi connectivity index (χ4n) is 0. The average molecular weight is 362 g/mol. The Hall–Kier alpha value is 2.08. The van der Waals surface area contributed by atoms with Crippen molar-refractivity contribution in [2.45, 2.75) is 0 Å². The Kier molecular flexibility index (Phi) is 19.0. The summed E-state index contributed by atoms with van der Waals surface area (Å²) in [6, 6.07) is 0. The van der Waals surface area contributed by atoms with Crippen LogP contribution in [0.25, 0.3) is 0 Å². The molecule has 8 nitrogen and oxygen atoms in total. The Balaban J connectivity index is -0.0000000457. The van der Waals surface area contributed by atoms with E-state index in [-0.39, 0.29) is 71.9 Å². The topological polar surface area (TPSA) is 149 Å². The monoisotopic (exact) mass is 362 g/mol. The molecule has 0 amide bonds. The summed E-state index contributed by atoms with van der Waals surface area (Å²) < 4.78 is 63.2. The van der Waals surface area contributed by atoms with Crippen molar-refractivity contribution in [2.75, 3.05) is 0 Å². The summed E-state index contributed by atoms with van der Waals surface area (Å²) in [5.41, 5.74) is 0. The van der Waals surface area contributed by atoms with Crippen LogP contribution in [0.4, 0.5) is 0 Å². The van der Waals surface area contributed by atoms with Gasteiger partial charge in [-0.2, -0.15) is 16.8 Å². The van der Waals surface area contributed by atoms with E-state index in [0.717, 1.165) is 0 Å². The van der Waals surface area contributed by atoms with Crippen molar-refractivity contribution in [2.24, 2.45) is 0 Å². The minimum Gasteiger partial charge on any atom is 0.316 e. The predicted octanol–water partition coefficient (Wildman–Crippen LogP) is -3.14. The SMILES string of the molecule is O=S(=O)(O)O.O=S(=O)(O)O.[BaH2].[MgH2]. The Morgan fingerprint density at radius 2 is 0.667 bits per heavy atom. The van der Waals surface area contributed by atoms with Gasteiger partial charge in [-0.3, -0.25) is 18.2 Å². The molecule has 0 aliphatic carbocycles. The Morgan fingerprint density at radius 1 is 0.667 bits per heavy atom. The Bertz CT molecular complexity index is 213. The van der Waals surface area contributed by atoms with Gasteiger partial charge in [0.15, 0.2) is 0 Å². The van der Waals surface area contributed by atoms with Crippen molar-refractivity contribution < 1.29 is 35.0 Å². The largest absolute Gasteiger partial charge is 0.316 e. The van der Waals surface area contributed by atoms with E-state index in [9.17, 15) is 0 Å².